The SMILES string of the molecule is Fc1c(Cl)cccc1-c1nc(-c2ncn[nH]2)no1. The van der Waals surface area contributed by atoms with Crippen molar-refractivity contribution < 1.29 is 8.91 Å². The highest BCUT2D eigenvalue weighted by atomic mass is 35.5. The molecule has 0 aliphatic rings. The molecule has 2 aromatic heterocycles. The van der Waals surface area contributed by atoms with E-state index in [1.54, 1.807) is 6.07 Å². The topological polar surface area (TPSA) is 80.5 Å². The number of benzene rings is 1. The van der Waals surface area contributed by atoms with Gasteiger partial charge in [0, 0.05) is 0 Å². The van der Waals surface area contributed by atoms with Gasteiger partial charge < -0.3 is 4.52 Å². The molecule has 0 radical (unpaired) electrons. The molecule has 0 saturated heterocycles. The fourth-order valence-electron chi connectivity index (χ4n) is 1.41. The summed E-state index contributed by atoms with van der Waals surface area (Å²) in [5.41, 5.74) is 0.140. The number of halogens is 2. The summed E-state index contributed by atoms with van der Waals surface area (Å²) in [6, 6.07) is 4.53. The highest BCUT2D eigenvalue weighted by Crippen LogP contribution is 2.27. The van der Waals surface area contributed by atoms with E-state index < -0.39 is 5.82 Å². The molecule has 3 rings (SSSR count). The summed E-state index contributed by atoms with van der Waals surface area (Å²) in [5, 5.41) is 9.91. The molecule has 90 valence electrons. The Kier molecular flexibility index (Phi) is 2.52. The first-order valence-electron chi connectivity index (χ1n) is 4.89. The number of nitrogens with one attached hydrogen (secondary N) is 1. The summed E-state index contributed by atoms with van der Waals surface area (Å²) < 4.78 is 18.7. The van der Waals surface area contributed by atoms with E-state index in [9.17, 15) is 4.39 Å². The summed E-state index contributed by atoms with van der Waals surface area (Å²) in [5.74, 6) is -0.0392. The Morgan fingerprint density at radius 1 is 1.33 bits per heavy atom. The van der Waals surface area contributed by atoms with Gasteiger partial charge in [0.15, 0.2) is 11.6 Å². The lowest BCUT2D eigenvalue weighted by molar-refractivity contribution is 0.429. The van der Waals surface area contributed by atoms with Crippen molar-refractivity contribution >= 4 is 11.6 Å². The van der Waals surface area contributed by atoms with Crippen LogP contribution in [0.3, 0.4) is 0 Å². The standard InChI is InChI=1S/C10H5ClFN5O/c11-6-3-1-2-5(7(6)12)10-15-9(17-18-10)8-13-4-14-16-8/h1-4H,(H,13,14,16). The molecule has 0 amide bonds. The lowest BCUT2D eigenvalue weighted by Gasteiger charge is -1.97. The highest BCUT2D eigenvalue weighted by molar-refractivity contribution is 6.31. The van der Waals surface area contributed by atoms with Gasteiger partial charge in [0.05, 0.1) is 10.6 Å². The molecule has 8 heteroatoms. The molecule has 0 spiro atoms. The molecule has 3 aromatic rings. The Morgan fingerprint density at radius 3 is 3.00 bits per heavy atom. The second-order valence-electron chi connectivity index (χ2n) is 3.36. The molecule has 1 aromatic carbocycles. The Labute approximate surface area is 105 Å². The molecule has 18 heavy (non-hydrogen) atoms. The monoisotopic (exact) mass is 265 g/mol. The normalized spacial score (nSPS) is 10.8. The van der Waals surface area contributed by atoms with Crippen LogP contribution >= 0.6 is 11.6 Å². The smallest absolute Gasteiger partial charge is 0.261 e. The van der Waals surface area contributed by atoms with Crippen molar-refractivity contribution in [2.75, 3.05) is 0 Å². The molecule has 0 aliphatic carbocycles. The maximum absolute atomic E-state index is 13.7. The molecule has 0 unspecified atom stereocenters. The summed E-state index contributed by atoms with van der Waals surface area (Å²) in [6.07, 6.45) is 1.31. The molecule has 0 fully saturated rings. The van der Waals surface area contributed by atoms with Crippen molar-refractivity contribution in [2.24, 2.45) is 0 Å². The molecule has 6 nitrogen and oxygen atoms in total. The third-order valence-corrected chi connectivity index (χ3v) is 2.53. The number of aromatic amines is 1. The van der Waals surface area contributed by atoms with E-state index in [0.29, 0.717) is 5.82 Å². The second kappa shape index (κ2) is 4.19. The van der Waals surface area contributed by atoms with Gasteiger partial charge in [0.25, 0.3) is 5.89 Å². The van der Waals surface area contributed by atoms with E-state index in [2.05, 4.69) is 25.3 Å². The van der Waals surface area contributed by atoms with Crippen LogP contribution in [0.15, 0.2) is 29.0 Å². The number of rotatable bonds is 2. The number of hydrogen-bond acceptors (Lipinski definition) is 5. The Balaban J connectivity index is 2.06. The summed E-state index contributed by atoms with van der Waals surface area (Å²) in [7, 11) is 0. The molecule has 0 bridgehead atoms. The number of nitrogens with zero attached hydrogens (tertiary/aromatic N) is 4. The zero-order valence-corrected chi connectivity index (χ0v) is 9.52. The fourth-order valence-corrected chi connectivity index (χ4v) is 1.59. The van der Waals surface area contributed by atoms with E-state index in [4.69, 9.17) is 16.1 Å². The number of H-pyrrole nitrogens is 1. The minimum Gasteiger partial charge on any atom is -0.333 e. The van der Waals surface area contributed by atoms with Gasteiger partial charge >= 0.3 is 0 Å². The quantitative estimate of drug-likeness (QED) is 0.769. The first-order chi connectivity index (χ1) is 8.75. The predicted molar refractivity (Wildman–Crippen MR) is 60.1 cm³/mol. The predicted octanol–water partition coefficient (Wildman–Crippen LogP) is 2.31. The third kappa shape index (κ3) is 1.74. The zero-order valence-electron chi connectivity index (χ0n) is 8.76. The lowest BCUT2D eigenvalue weighted by atomic mass is 10.2. The number of aromatic nitrogens is 5. The van der Waals surface area contributed by atoms with Crippen LogP contribution in [0, 0.1) is 5.82 Å². The minimum absolute atomic E-state index is 0.00749. The molecule has 0 saturated carbocycles. The van der Waals surface area contributed by atoms with Gasteiger partial charge in [-0.2, -0.15) is 10.1 Å². The summed E-state index contributed by atoms with van der Waals surface area (Å²) in [6.45, 7) is 0. The minimum atomic E-state index is -0.605. The van der Waals surface area contributed by atoms with Gasteiger partial charge in [0.2, 0.25) is 5.82 Å². The first-order valence-corrected chi connectivity index (χ1v) is 5.27. The van der Waals surface area contributed by atoms with E-state index in [1.807, 2.05) is 0 Å². The van der Waals surface area contributed by atoms with Gasteiger partial charge in [-0.05, 0) is 12.1 Å². The van der Waals surface area contributed by atoms with E-state index in [1.165, 1.54) is 18.5 Å². The van der Waals surface area contributed by atoms with Crippen LogP contribution in [-0.4, -0.2) is 25.3 Å². The third-order valence-electron chi connectivity index (χ3n) is 2.23. The maximum atomic E-state index is 13.7. The van der Waals surface area contributed by atoms with Gasteiger partial charge in [-0.25, -0.2) is 9.37 Å². The van der Waals surface area contributed by atoms with Crippen LogP contribution < -0.4 is 0 Å². The second-order valence-corrected chi connectivity index (χ2v) is 3.77. The Bertz CT molecular complexity index is 681. The van der Waals surface area contributed by atoms with Gasteiger partial charge in [-0.3, -0.25) is 5.10 Å². The Hall–Kier alpha value is -2.28. The first kappa shape index (κ1) is 10.8. The van der Waals surface area contributed by atoms with Gasteiger partial charge in [-0.1, -0.05) is 22.8 Å². The van der Waals surface area contributed by atoms with Crippen LogP contribution in [-0.2, 0) is 0 Å². The van der Waals surface area contributed by atoms with Crippen LogP contribution in [0.4, 0.5) is 4.39 Å². The van der Waals surface area contributed by atoms with Crippen molar-refractivity contribution in [1.29, 1.82) is 0 Å². The molecular weight excluding hydrogens is 261 g/mol. The fraction of sp³-hybridized carbons (Fsp3) is 0. The van der Waals surface area contributed by atoms with E-state index in [0.717, 1.165) is 0 Å². The molecular formula is C10H5ClFN5O. The van der Waals surface area contributed by atoms with Crippen LogP contribution in [0.1, 0.15) is 0 Å². The maximum Gasteiger partial charge on any atom is 0.261 e. The van der Waals surface area contributed by atoms with Crippen molar-refractivity contribution in [1.82, 2.24) is 25.3 Å². The van der Waals surface area contributed by atoms with E-state index >= 15 is 0 Å². The van der Waals surface area contributed by atoms with Crippen molar-refractivity contribution in [2.45, 2.75) is 0 Å². The summed E-state index contributed by atoms with van der Waals surface area (Å²) >= 11 is 5.68. The van der Waals surface area contributed by atoms with Crippen LogP contribution in [0.2, 0.25) is 5.02 Å². The molecule has 2 heterocycles. The molecule has 1 N–H and O–H groups in total. The molecule has 0 aliphatic heterocycles. The Morgan fingerprint density at radius 2 is 2.22 bits per heavy atom. The van der Waals surface area contributed by atoms with Crippen molar-refractivity contribution in [3.63, 3.8) is 0 Å². The average molecular weight is 266 g/mol. The van der Waals surface area contributed by atoms with Crippen LogP contribution in [0.5, 0.6) is 0 Å². The lowest BCUT2D eigenvalue weighted by Crippen LogP contribution is -1.86. The van der Waals surface area contributed by atoms with Crippen molar-refractivity contribution in [3.05, 3.63) is 35.4 Å². The molecule has 0 atom stereocenters. The highest BCUT2D eigenvalue weighted by Gasteiger charge is 2.17. The van der Waals surface area contributed by atoms with Gasteiger partial charge in [0.1, 0.15) is 6.33 Å². The number of hydrogen-bond donors (Lipinski definition) is 1. The largest absolute Gasteiger partial charge is 0.333 e. The average Bonchev–Trinajstić information content (AvgIpc) is 3.01. The summed E-state index contributed by atoms with van der Waals surface area (Å²) in [4.78, 5) is 7.88. The zero-order chi connectivity index (χ0) is 12.5. The van der Waals surface area contributed by atoms with Gasteiger partial charge in [-0.15, -0.1) is 0 Å². The van der Waals surface area contributed by atoms with Crippen LogP contribution in [0.25, 0.3) is 23.1 Å². The van der Waals surface area contributed by atoms with E-state index in [-0.39, 0.29) is 22.3 Å². The van der Waals surface area contributed by atoms with Crippen molar-refractivity contribution in [3.8, 4) is 23.1 Å².